The van der Waals surface area contributed by atoms with E-state index in [4.69, 9.17) is 4.74 Å². The zero-order chi connectivity index (χ0) is 24.9. The number of alkyl halides is 3. The molecular formula is C22H20F3N5O4. The topological polar surface area (TPSA) is 115 Å². The van der Waals surface area contributed by atoms with Gasteiger partial charge in [-0.25, -0.2) is 9.67 Å². The molecule has 0 aliphatic carbocycles. The summed E-state index contributed by atoms with van der Waals surface area (Å²) >= 11 is 0. The molecule has 2 aromatic carbocycles. The lowest BCUT2D eigenvalue weighted by molar-refractivity contribution is -0.146. The molecule has 0 atom stereocenters. The Morgan fingerprint density at radius 1 is 1.06 bits per heavy atom. The monoisotopic (exact) mass is 475 g/mol. The molecule has 12 heteroatoms. The average molecular weight is 475 g/mol. The van der Waals surface area contributed by atoms with Gasteiger partial charge in [-0.15, -0.1) is 0 Å². The summed E-state index contributed by atoms with van der Waals surface area (Å²) in [7, 11) is 0. The summed E-state index contributed by atoms with van der Waals surface area (Å²) in [4.78, 5) is 40.0. The van der Waals surface area contributed by atoms with Crippen LogP contribution in [-0.2, 0) is 20.5 Å². The first-order chi connectivity index (χ1) is 16.0. The number of aromatic nitrogens is 3. The number of hydrogen-bond acceptors (Lipinski definition) is 6. The van der Waals surface area contributed by atoms with E-state index in [1.165, 1.54) is 17.3 Å². The van der Waals surface area contributed by atoms with Gasteiger partial charge in [0, 0.05) is 5.56 Å². The Morgan fingerprint density at radius 2 is 1.82 bits per heavy atom. The standard InChI is InChI=1S/C22H20F3N5O4/c1-13-3-4-15(7-14(13)2)21(33)27-9-20(32)34-10-19(31)29-17-8-16(22(23,24)25)5-6-18(17)30-12-26-11-28-30/h3-8,11-12H,9-10H2,1-2H3,(H,27,33)(H,29,31). The first-order valence-corrected chi connectivity index (χ1v) is 9.92. The molecule has 34 heavy (non-hydrogen) atoms. The molecule has 178 valence electrons. The second kappa shape index (κ2) is 10.1. The molecule has 0 bridgehead atoms. The number of hydrogen-bond donors (Lipinski definition) is 2. The number of benzene rings is 2. The van der Waals surface area contributed by atoms with E-state index in [0.29, 0.717) is 5.56 Å². The highest BCUT2D eigenvalue weighted by molar-refractivity contribution is 5.97. The molecule has 2 N–H and O–H groups in total. The van der Waals surface area contributed by atoms with Crippen LogP contribution in [0.25, 0.3) is 5.69 Å². The fourth-order valence-corrected chi connectivity index (χ4v) is 2.87. The number of esters is 1. The van der Waals surface area contributed by atoms with E-state index in [0.717, 1.165) is 29.3 Å². The summed E-state index contributed by atoms with van der Waals surface area (Å²) < 4.78 is 45.3. The number of ether oxygens (including phenoxy) is 1. The second-order valence-corrected chi connectivity index (χ2v) is 7.26. The number of nitrogens with zero attached hydrogens (tertiary/aromatic N) is 3. The third-order valence-corrected chi connectivity index (χ3v) is 4.79. The molecule has 0 saturated carbocycles. The first-order valence-electron chi connectivity index (χ1n) is 9.92. The summed E-state index contributed by atoms with van der Waals surface area (Å²) in [6.07, 6.45) is -2.21. The number of nitrogens with one attached hydrogen (secondary N) is 2. The van der Waals surface area contributed by atoms with Gasteiger partial charge >= 0.3 is 12.1 Å². The van der Waals surface area contributed by atoms with Crippen molar-refractivity contribution < 1.29 is 32.3 Å². The van der Waals surface area contributed by atoms with Gasteiger partial charge in [-0.05, 0) is 55.3 Å². The van der Waals surface area contributed by atoms with Crippen LogP contribution >= 0.6 is 0 Å². The molecule has 0 unspecified atom stereocenters. The van der Waals surface area contributed by atoms with Crippen LogP contribution in [0.3, 0.4) is 0 Å². The summed E-state index contributed by atoms with van der Waals surface area (Å²) in [6.45, 7) is 2.48. The van der Waals surface area contributed by atoms with Crippen LogP contribution < -0.4 is 10.6 Å². The average Bonchev–Trinajstić information content (AvgIpc) is 3.32. The first kappa shape index (κ1) is 24.4. The van der Waals surface area contributed by atoms with E-state index in [1.807, 2.05) is 13.8 Å². The van der Waals surface area contributed by atoms with Crippen LogP contribution in [0.1, 0.15) is 27.0 Å². The minimum absolute atomic E-state index is 0.130. The molecule has 9 nitrogen and oxygen atoms in total. The molecule has 3 rings (SSSR count). The van der Waals surface area contributed by atoms with Gasteiger partial charge in [-0.3, -0.25) is 14.4 Å². The van der Waals surface area contributed by atoms with E-state index in [9.17, 15) is 27.6 Å². The van der Waals surface area contributed by atoms with E-state index in [1.54, 1.807) is 18.2 Å². The normalized spacial score (nSPS) is 11.1. The summed E-state index contributed by atoms with van der Waals surface area (Å²) in [5, 5.41) is 8.50. The predicted octanol–water partition coefficient (Wildman–Crippen LogP) is 2.81. The number of carbonyl (C=O) groups excluding carboxylic acids is 3. The highest BCUT2D eigenvalue weighted by atomic mass is 19.4. The highest BCUT2D eigenvalue weighted by Gasteiger charge is 2.31. The third kappa shape index (κ3) is 6.18. The van der Waals surface area contributed by atoms with E-state index >= 15 is 0 Å². The van der Waals surface area contributed by atoms with Crippen molar-refractivity contribution in [3.63, 3.8) is 0 Å². The number of halogens is 3. The summed E-state index contributed by atoms with van der Waals surface area (Å²) in [5.41, 5.74) is 1.22. The van der Waals surface area contributed by atoms with Crippen molar-refractivity contribution in [2.45, 2.75) is 20.0 Å². The van der Waals surface area contributed by atoms with Gasteiger partial charge in [0.15, 0.2) is 6.61 Å². The van der Waals surface area contributed by atoms with E-state index < -0.39 is 42.7 Å². The van der Waals surface area contributed by atoms with Crippen molar-refractivity contribution in [2.75, 3.05) is 18.5 Å². The van der Waals surface area contributed by atoms with Crippen LogP contribution in [0.4, 0.5) is 18.9 Å². The Balaban J connectivity index is 1.58. The van der Waals surface area contributed by atoms with Crippen LogP contribution in [-0.4, -0.2) is 45.7 Å². The zero-order valence-electron chi connectivity index (χ0n) is 18.1. The fourth-order valence-electron chi connectivity index (χ4n) is 2.87. The van der Waals surface area contributed by atoms with Crippen LogP contribution in [0.15, 0.2) is 49.1 Å². The predicted molar refractivity (Wildman–Crippen MR) is 114 cm³/mol. The molecular weight excluding hydrogens is 455 g/mol. The van der Waals surface area contributed by atoms with Crippen molar-refractivity contribution in [3.8, 4) is 5.69 Å². The zero-order valence-corrected chi connectivity index (χ0v) is 18.1. The molecule has 0 fully saturated rings. The molecule has 0 spiro atoms. The molecule has 0 saturated heterocycles. The summed E-state index contributed by atoms with van der Waals surface area (Å²) in [6, 6.07) is 7.75. The maximum absolute atomic E-state index is 13.1. The molecule has 2 amide bonds. The van der Waals surface area contributed by atoms with E-state index in [-0.39, 0.29) is 11.4 Å². The van der Waals surface area contributed by atoms with Gasteiger partial charge in [-0.2, -0.15) is 18.3 Å². The fraction of sp³-hybridized carbons (Fsp3) is 0.227. The largest absolute Gasteiger partial charge is 0.454 e. The maximum atomic E-state index is 13.1. The van der Waals surface area contributed by atoms with Crippen molar-refractivity contribution in [1.29, 1.82) is 0 Å². The SMILES string of the molecule is Cc1ccc(C(=O)NCC(=O)OCC(=O)Nc2cc(C(F)(F)F)ccc2-n2cncn2)cc1C. The number of aryl methyl sites for hydroxylation is 2. The van der Waals surface area contributed by atoms with Gasteiger partial charge in [0.1, 0.15) is 19.2 Å². The summed E-state index contributed by atoms with van der Waals surface area (Å²) in [5.74, 6) is -2.27. The highest BCUT2D eigenvalue weighted by Crippen LogP contribution is 2.33. The van der Waals surface area contributed by atoms with Crippen LogP contribution in [0.2, 0.25) is 0 Å². The molecule has 0 aliphatic rings. The van der Waals surface area contributed by atoms with Crippen molar-refractivity contribution in [2.24, 2.45) is 0 Å². The molecule has 1 aromatic heterocycles. The van der Waals surface area contributed by atoms with Crippen molar-refractivity contribution in [1.82, 2.24) is 20.1 Å². The molecule has 1 heterocycles. The van der Waals surface area contributed by atoms with Crippen molar-refractivity contribution in [3.05, 3.63) is 71.3 Å². The third-order valence-electron chi connectivity index (χ3n) is 4.79. The van der Waals surface area contributed by atoms with Crippen molar-refractivity contribution >= 4 is 23.5 Å². The van der Waals surface area contributed by atoms with Gasteiger partial charge in [0.05, 0.1) is 16.9 Å². The minimum atomic E-state index is -4.64. The Kier molecular flexibility index (Phi) is 7.29. The number of anilines is 1. The Morgan fingerprint density at radius 3 is 2.47 bits per heavy atom. The Labute approximate surface area is 191 Å². The lowest BCUT2D eigenvalue weighted by Gasteiger charge is -2.14. The number of carbonyl (C=O) groups is 3. The van der Waals surface area contributed by atoms with Gasteiger partial charge < -0.3 is 15.4 Å². The van der Waals surface area contributed by atoms with Gasteiger partial charge in [-0.1, -0.05) is 6.07 Å². The number of rotatable bonds is 7. The lowest BCUT2D eigenvalue weighted by atomic mass is 10.1. The second-order valence-electron chi connectivity index (χ2n) is 7.26. The van der Waals surface area contributed by atoms with Gasteiger partial charge in [0.25, 0.3) is 11.8 Å². The van der Waals surface area contributed by atoms with Crippen LogP contribution in [0.5, 0.6) is 0 Å². The Hall–Kier alpha value is -4.22. The molecule has 3 aromatic rings. The molecule has 0 radical (unpaired) electrons. The Bertz CT molecular complexity index is 1210. The van der Waals surface area contributed by atoms with Gasteiger partial charge in [0.2, 0.25) is 0 Å². The lowest BCUT2D eigenvalue weighted by Crippen LogP contribution is -2.32. The minimum Gasteiger partial charge on any atom is -0.454 e. The maximum Gasteiger partial charge on any atom is 0.416 e. The van der Waals surface area contributed by atoms with E-state index in [2.05, 4.69) is 20.7 Å². The smallest absolute Gasteiger partial charge is 0.416 e. The quantitative estimate of drug-likeness (QED) is 0.508. The van der Waals surface area contributed by atoms with Crippen LogP contribution in [0, 0.1) is 13.8 Å². The number of amides is 2. The molecule has 0 aliphatic heterocycles.